The van der Waals surface area contributed by atoms with Crippen LogP contribution in [0.5, 0.6) is 5.75 Å². The van der Waals surface area contributed by atoms with E-state index >= 15 is 0 Å². The van der Waals surface area contributed by atoms with Crippen molar-refractivity contribution >= 4 is 17.5 Å². The lowest BCUT2D eigenvalue weighted by Gasteiger charge is -2.32. The van der Waals surface area contributed by atoms with Gasteiger partial charge in [-0.05, 0) is 55.3 Å². The summed E-state index contributed by atoms with van der Waals surface area (Å²) in [5, 5.41) is 7.70. The molecular weight excluding hydrogens is 416 g/mol. The predicted molar refractivity (Wildman–Crippen MR) is 118 cm³/mol. The van der Waals surface area contributed by atoms with Gasteiger partial charge in [-0.2, -0.15) is 4.98 Å². The first-order chi connectivity index (χ1) is 15.1. The minimum Gasteiger partial charge on any atom is -0.497 e. The Morgan fingerprint density at radius 3 is 2.84 bits per heavy atom. The molecule has 0 bridgehead atoms. The fraction of sp³-hybridized carbons (Fsp3) is 0.348. The number of halogens is 1. The first-order valence-electron chi connectivity index (χ1n) is 10.3. The number of methoxy groups -OCH3 is 1. The van der Waals surface area contributed by atoms with Gasteiger partial charge in [0.25, 0.3) is 0 Å². The molecule has 0 saturated carbocycles. The minimum absolute atomic E-state index is 0.00746. The van der Waals surface area contributed by atoms with Gasteiger partial charge < -0.3 is 14.6 Å². The van der Waals surface area contributed by atoms with Crippen molar-refractivity contribution in [2.45, 2.75) is 25.9 Å². The van der Waals surface area contributed by atoms with E-state index in [0.29, 0.717) is 18.3 Å². The smallest absolute Gasteiger partial charge is 0.246 e. The number of ether oxygens (including phenoxy) is 1. The highest BCUT2D eigenvalue weighted by molar-refractivity contribution is 6.31. The Balaban J connectivity index is 1.30. The van der Waals surface area contributed by atoms with Gasteiger partial charge in [0.15, 0.2) is 0 Å². The molecule has 1 aromatic heterocycles. The van der Waals surface area contributed by atoms with Crippen LogP contribution < -0.4 is 10.1 Å². The fourth-order valence-corrected chi connectivity index (χ4v) is 3.97. The first-order valence-corrected chi connectivity index (χ1v) is 10.7. The maximum Gasteiger partial charge on any atom is 0.246 e. The molecule has 162 valence electrons. The van der Waals surface area contributed by atoms with Crippen LogP contribution in [0.25, 0.3) is 11.4 Å². The molecule has 1 atom stereocenters. The molecule has 1 aliphatic heterocycles. The number of hydrogen-bond acceptors (Lipinski definition) is 6. The van der Waals surface area contributed by atoms with E-state index in [1.165, 1.54) is 0 Å². The van der Waals surface area contributed by atoms with Crippen molar-refractivity contribution in [2.75, 3.05) is 20.2 Å². The number of rotatable bonds is 7. The SMILES string of the molecule is COc1ccc(-c2noc(CNC(=O)C3CCCN(Cc4ccccc4Cl)C3)n2)cc1. The largest absolute Gasteiger partial charge is 0.497 e. The number of carbonyl (C=O) groups excluding carboxylic acids is 1. The number of nitrogens with zero attached hydrogens (tertiary/aromatic N) is 3. The van der Waals surface area contributed by atoms with Crippen LogP contribution >= 0.6 is 11.6 Å². The Hall–Kier alpha value is -2.90. The summed E-state index contributed by atoms with van der Waals surface area (Å²) in [4.78, 5) is 19.4. The number of aromatic nitrogens is 2. The van der Waals surface area contributed by atoms with Gasteiger partial charge in [-0.25, -0.2) is 0 Å². The maximum atomic E-state index is 12.7. The standard InChI is InChI=1S/C23H25ClN4O3/c1-30-19-10-8-16(9-11-19)22-26-21(31-27-22)13-25-23(29)18-6-4-12-28(15-18)14-17-5-2-3-7-20(17)24/h2-3,5,7-11,18H,4,6,12-15H2,1H3,(H,25,29). The molecule has 2 heterocycles. The van der Waals surface area contributed by atoms with Gasteiger partial charge in [0, 0.05) is 23.7 Å². The molecule has 31 heavy (non-hydrogen) atoms. The van der Waals surface area contributed by atoms with Crippen LogP contribution in [0.2, 0.25) is 5.02 Å². The summed E-state index contributed by atoms with van der Waals surface area (Å²) in [7, 11) is 1.62. The van der Waals surface area contributed by atoms with E-state index < -0.39 is 0 Å². The third-order valence-corrected chi connectivity index (χ3v) is 5.83. The molecule has 3 aromatic rings. The van der Waals surface area contributed by atoms with Crippen molar-refractivity contribution in [1.82, 2.24) is 20.4 Å². The zero-order valence-corrected chi connectivity index (χ0v) is 18.1. The summed E-state index contributed by atoms with van der Waals surface area (Å²) in [6, 6.07) is 15.2. The molecule has 0 aliphatic carbocycles. The molecule has 1 saturated heterocycles. The van der Waals surface area contributed by atoms with Crippen molar-refractivity contribution in [2.24, 2.45) is 5.92 Å². The molecule has 1 amide bonds. The number of nitrogens with one attached hydrogen (secondary N) is 1. The lowest BCUT2D eigenvalue weighted by atomic mass is 9.96. The van der Waals surface area contributed by atoms with Crippen LogP contribution in [-0.2, 0) is 17.9 Å². The van der Waals surface area contributed by atoms with Crippen LogP contribution in [0, 0.1) is 5.92 Å². The van der Waals surface area contributed by atoms with Gasteiger partial charge in [-0.15, -0.1) is 0 Å². The van der Waals surface area contributed by atoms with E-state index in [4.69, 9.17) is 20.9 Å². The summed E-state index contributed by atoms with van der Waals surface area (Å²) in [6.45, 7) is 2.63. The van der Waals surface area contributed by atoms with Crippen molar-refractivity contribution in [3.63, 3.8) is 0 Å². The molecule has 1 aliphatic rings. The Morgan fingerprint density at radius 1 is 1.26 bits per heavy atom. The van der Waals surface area contributed by atoms with Crippen LogP contribution in [0.3, 0.4) is 0 Å². The lowest BCUT2D eigenvalue weighted by Crippen LogP contribution is -2.42. The second-order valence-electron chi connectivity index (χ2n) is 7.62. The molecule has 1 N–H and O–H groups in total. The van der Waals surface area contributed by atoms with E-state index in [1.54, 1.807) is 7.11 Å². The fourth-order valence-electron chi connectivity index (χ4n) is 3.77. The Morgan fingerprint density at radius 2 is 2.06 bits per heavy atom. The average Bonchev–Trinajstić information content (AvgIpc) is 3.28. The Bertz CT molecular complexity index is 1020. The molecule has 1 fully saturated rings. The summed E-state index contributed by atoms with van der Waals surface area (Å²) < 4.78 is 10.5. The minimum atomic E-state index is -0.0692. The van der Waals surface area contributed by atoms with Crippen molar-refractivity contribution in [3.8, 4) is 17.1 Å². The third-order valence-electron chi connectivity index (χ3n) is 5.46. The molecule has 7 nitrogen and oxygen atoms in total. The van der Waals surface area contributed by atoms with Crippen LogP contribution in [-0.4, -0.2) is 41.1 Å². The van der Waals surface area contributed by atoms with E-state index in [-0.39, 0.29) is 18.4 Å². The van der Waals surface area contributed by atoms with Crippen molar-refractivity contribution in [3.05, 3.63) is 65.0 Å². The summed E-state index contributed by atoms with van der Waals surface area (Å²) in [6.07, 6.45) is 1.84. The number of carbonyl (C=O) groups is 1. The topological polar surface area (TPSA) is 80.5 Å². The number of benzene rings is 2. The summed E-state index contributed by atoms with van der Waals surface area (Å²) >= 11 is 6.29. The van der Waals surface area contributed by atoms with Crippen LogP contribution in [0.15, 0.2) is 53.1 Å². The van der Waals surface area contributed by atoms with E-state index in [9.17, 15) is 4.79 Å². The number of piperidine rings is 1. The molecule has 4 rings (SSSR count). The Labute approximate surface area is 186 Å². The normalized spacial score (nSPS) is 16.8. The monoisotopic (exact) mass is 440 g/mol. The molecule has 1 unspecified atom stereocenters. The zero-order valence-electron chi connectivity index (χ0n) is 17.4. The summed E-state index contributed by atoms with van der Waals surface area (Å²) in [5.41, 5.74) is 1.91. The van der Waals surface area contributed by atoms with Gasteiger partial charge in [0.1, 0.15) is 5.75 Å². The van der Waals surface area contributed by atoms with E-state index in [0.717, 1.165) is 47.8 Å². The van der Waals surface area contributed by atoms with E-state index in [2.05, 4.69) is 20.4 Å². The highest BCUT2D eigenvalue weighted by Crippen LogP contribution is 2.23. The molecule has 0 spiro atoms. The highest BCUT2D eigenvalue weighted by atomic mass is 35.5. The van der Waals surface area contributed by atoms with Crippen molar-refractivity contribution in [1.29, 1.82) is 0 Å². The lowest BCUT2D eigenvalue weighted by molar-refractivity contribution is -0.127. The number of hydrogen-bond donors (Lipinski definition) is 1. The van der Waals surface area contributed by atoms with Crippen molar-refractivity contribution < 1.29 is 14.1 Å². The number of likely N-dealkylation sites (tertiary alicyclic amines) is 1. The molecule has 8 heteroatoms. The van der Waals surface area contributed by atoms with Gasteiger partial charge in [-0.1, -0.05) is 35.0 Å². The average molecular weight is 441 g/mol. The third kappa shape index (κ3) is 5.42. The van der Waals surface area contributed by atoms with Gasteiger partial charge >= 0.3 is 0 Å². The second kappa shape index (κ2) is 9.94. The van der Waals surface area contributed by atoms with Crippen LogP contribution in [0.4, 0.5) is 0 Å². The zero-order chi connectivity index (χ0) is 21.6. The molecular formula is C23H25ClN4O3. The quantitative estimate of drug-likeness (QED) is 0.599. The van der Waals surface area contributed by atoms with Gasteiger partial charge in [-0.3, -0.25) is 9.69 Å². The van der Waals surface area contributed by atoms with Crippen LogP contribution in [0.1, 0.15) is 24.3 Å². The molecule has 2 aromatic carbocycles. The number of amides is 1. The van der Waals surface area contributed by atoms with E-state index in [1.807, 2.05) is 48.5 Å². The summed E-state index contributed by atoms with van der Waals surface area (Å²) in [5.74, 6) is 1.56. The van der Waals surface area contributed by atoms with Gasteiger partial charge in [0.2, 0.25) is 17.6 Å². The molecule has 0 radical (unpaired) electrons. The second-order valence-corrected chi connectivity index (χ2v) is 8.03. The first kappa shape index (κ1) is 21.3. The Kier molecular flexibility index (Phi) is 6.84. The maximum absolute atomic E-state index is 12.7. The van der Waals surface area contributed by atoms with Gasteiger partial charge in [0.05, 0.1) is 19.6 Å². The highest BCUT2D eigenvalue weighted by Gasteiger charge is 2.26. The predicted octanol–water partition coefficient (Wildman–Crippen LogP) is 3.93.